The first kappa shape index (κ1) is 20.5. The minimum atomic E-state index is -3.50. The second-order valence-electron chi connectivity index (χ2n) is 6.46. The third-order valence-electron chi connectivity index (χ3n) is 4.15. The monoisotopic (exact) mass is 414 g/mol. The zero-order chi connectivity index (χ0) is 20.7. The summed E-state index contributed by atoms with van der Waals surface area (Å²) in [5, 5.41) is 6.70. The van der Waals surface area contributed by atoms with Gasteiger partial charge in [-0.05, 0) is 31.2 Å². The van der Waals surface area contributed by atoms with Gasteiger partial charge in [-0.15, -0.1) is 0 Å². The molecule has 0 aliphatic heterocycles. The Kier molecular flexibility index (Phi) is 6.61. The second-order valence-corrected chi connectivity index (χ2v) is 8.57. The smallest absolute Gasteiger partial charge is 0.225 e. The van der Waals surface area contributed by atoms with Crippen molar-refractivity contribution in [2.75, 3.05) is 17.7 Å². The molecule has 0 saturated heterocycles. The Morgan fingerprint density at radius 3 is 2.69 bits per heavy atom. The number of amides is 1. The molecule has 29 heavy (non-hydrogen) atoms. The fourth-order valence-corrected chi connectivity index (χ4v) is 3.82. The van der Waals surface area contributed by atoms with Crippen LogP contribution in [0.3, 0.4) is 0 Å². The Balaban J connectivity index is 1.50. The number of nitrogens with zero attached hydrogens (tertiary/aromatic N) is 3. The van der Waals surface area contributed by atoms with Gasteiger partial charge < -0.3 is 10.1 Å². The van der Waals surface area contributed by atoms with Gasteiger partial charge >= 0.3 is 0 Å². The van der Waals surface area contributed by atoms with E-state index in [1.165, 1.54) is 6.33 Å². The van der Waals surface area contributed by atoms with Gasteiger partial charge in [0.25, 0.3) is 0 Å². The third kappa shape index (κ3) is 6.15. The normalized spacial score (nSPS) is 11.2. The highest BCUT2D eigenvalue weighted by Gasteiger charge is 2.16. The van der Waals surface area contributed by atoms with Crippen molar-refractivity contribution < 1.29 is 17.9 Å². The van der Waals surface area contributed by atoms with Crippen LogP contribution in [0.4, 0.5) is 5.69 Å². The van der Waals surface area contributed by atoms with Crippen LogP contribution in [0.2, 0.25) is 0 Å². The molecule has 1 N–H and O–H groups in total. The van der Waals surface area contributed by atoms with Crippen LogP contribution in [0.5, 0.6) is 5.75 Å². The number of carbonyl (C=O) groups excluding carboxylic acids is 1. The van der Waals surface area contributed by atoms with Crippen molar-refractivity contribution in [1.82, 2.24) is 14.8 Å². The fourth-order valence-electron chi connectivity index (χ4n) is 2.58. The first-order valence-corrected chi connectivity index (χ1v) is 10.7. The summed E-state index contributed by atoms with van der Waals surface area (Å²) in [5.41, 5.74) is 1.52. The summed E-state index contributed by atoms with van der Waals surface area (Å²) in [7, 11) is -3.50. The highest BCUT2D eigenvalue weighted by atomic mass is 32.2. The maximum absolute atomic E-state index is 12.4. The first-order valence-electron chi connectivity index (χ1n) is 9.07. The Hall–Kier alpha value is -3.20. The largest absolute Gasteiger partial charge is 0.492 e. The molecule has 0 atom stereocenters. The molecule has 1 heterocycles. The molecule has 0 fully saturated rings. The number of aromatic nitrogens is 3. The van der Waals surface area contributed by atoms with Gasteiger partial charge in [-0.25, -0.2) is 18.1 Å². The number of benzene rings is 2. The van der Waals surface area contributed by atoms with E-state index in [1.807, 2.05) is 6.92 Å². The van der Waals surface area contributed by atoms with E-state index in [4.69, 9.17) is 4.74 Å². The van der Waals surface area contributed by atoms with Crippen LogP contribution in [0.1, 0.15) is 12.0 Å². The number of sulfone groups is 1. The van der Waals surface area contributed by atoms with Crippen molar-refractivity contribution >= 4 is 21.4 Å². The number of carbonyl (C=O) groups is 1. The summed E-state index contributed by atoms with van der Waals surface area (Å²) < 4.78 is 32.0. The van der Waals surface area contributed by atoms with Crippen molar-refractivity contribution in [3.8, 4) is 5.75 Å². The SMILES string of the molecule is Cc1ccc(S(=O)(=O)CCC(=O)Nc2cccc(OCCn3cncn3)c2)cc1. The van der Waals surface area contributed by atoms with E-state index >= 15 is 0 Å². The first-order chi connectivity index (χ1) is 13.9. The summed E-state index contributed by atoms with van der Waals surface area (Å²) >= 11 is 0. The van der Waals surface area contributed by atoms with Crippen LogP contribution in [-0.4, -0.2) is 41.4 Å². The predicted molar refractivity (Wildman–Crippen MR) is 108 cm³/mol. The molecule has 0 spiro atoms. The van der Waals surface area contributed by atoms with E-state index in [1.54, 1.807) is 59.5 Å². The Labute approximate surface area is 169 Å². The number of anilines is 1. The topological polar surface area (TPSA) is 103 Å². The molecule has 1 aromatic heterocycles. The molecule has 0 saturated carbocycles. The molecule has 2 aromatic carbocycles. The lowest BCUT2D eigenvalue weighted by Crippen LogP contribution is -2.17. The summed E-state index contributed by atoms with van der Waals surface area (Å²) in [6.07, 6.45) is 2.92. The third-order valence-corrected chi connectivity index (χ3v) is 5.88. The van der Waals surface area contributed by atoms with Crippen LogP contribution < -0.4 is 10.1 Å². The molecule has 0 bridgehead atoms. The summed E-state index contributed by atoms with van der Waals surface area (Å²) in [6, 6.07) is 13.5. The molecule has 1 amide bonds. The predicted octanol–water partition coefficient (Wildman–Crippen LogP) is 2.47. The Morgan fingerprint density at radius 2 is 1.97 bits per heavy atom. The minimum absolute atomic E-state index is 0.131. The number of hydrogen-bond donors (Lipinski definition) is 1. The maximum Gasteiger partial charge on any atom is 0.225 e. The number of rotatable bonds is 9. The highest BCUT2D eigenvalue weighted by molar-refractivity contribution is 7.91. The molecule has 3 rings (SSSR count). The number of ether oxygens (including phenoxy) is 1. The molecule has 3 aromatic rings. The molecule has 9 heteroatoms. The van der Waals surface area contributed by atoms with E-state index in [0.717, 1.165) is 5.56 Å². The summed E-state index contributed by atoms with van der Waals surface area (Å²) in [5.74, 6) is -0.0358. The van der Waals surface area contributed by atoms with Crippen LogP contribution in [0.15, 0.2) is 66.1 Å². The Bertz CT molecular complexity index is 1050. The van der Waals surface area contributed by atoms with Gasteiger partial charge in [-0.1, -0.05) is 23.8 Å². The molecule has 0 aliphatic rings. The van der Waals surface area contributed by atoms with Gasteiger partial charge in [0, 0.05) is 18.2 Å². The maximum atomic E-state index is 12.4. The minimum Gasteiger partial charge on any atom is -0.492 e. The number of aryl methyl sites for hydroxylation is 1. The van der Waals surface area contributed by atoms with Crippen LogP contribution in [0, 0.1) is 6.92 Å². The molecule has 8 nitrogen and oxygen atoms in total. The van der Waals surface area contributed by atoms with Gasteiger partial charge in [0.05, 0.1) is 17.2 Å². The van der Waals surface area contributed by atoms with E-state index in [0.29, 0.717) is 24.6 Å². The van der Waals surface area contributed by atoms with Gasteiger partial charge in [0.15, 0.2) is 9.84 Å². The number of nitrogens with one attached hydrogen (secondary N) is 1. The lowest BCUT2D eigenvalue weighted by atomic mass is 10.2. The fraction of sp³-hybridized carbons (Fsp3) is 0.250. The number of hydrogen-bond acceptors (Lipinski definition) is 6. The van der Waals surface area contributed by atoms with Gasteiger partial charge in [-0.2, -0.15) is 5.10 Å². The van der Waals surface area contributed by atoms with Gasteiger partial charge in [0.1, 0.15) is 25.0 Å². The van der Waals surface area contributed by atoms with E-state index in [2.05, 4.69) is 15.4 Å². The average Bonchev–Trinajstić information content (AvgIpc) is 3.21. The lowest BCUT2D eigenvalue weighted by Gasteiger charge is -2.10. The van der Waals surface area contributed by atoms with Crippen molar-refractivity contribution in [2.45, 2.75) is 24.8 Å². The van der Waals surface area contributed by atoms with Gasteiger partial charge in [-0.3, -0.25) is 4.79 Å². The molecular formula is C20H22N4O4S. The average molecular weight is 414 g/mol. The van der Waals surface area contributed by atoms with E-state index in [-0.39, 0.29) is 23.0 Å². The zero-order valence-corrected chi connectivity index (χ0v) is 16.8. The molecule has 152 valence electrons. The highest BCUT2D eigenvalue weighted by Crippen LogP contribution is 2.18. The van der Waals surface area contributed by atoms with E-state index < -0.39 is 9.84 Å². The van der Waals surface area contributed by atoms with Crippen molar-refractivity contribution in [3.05, 3.63) is 66.7 Å². The van der Waals surface area contributed by atoms with Gasteiger partial charge in [0.2, 0.25) is 5.91 Å². The molecule has 0 unspecified atom stereocenters. The molecule has 0 radical (unpaired) electrons. The van der Waals surface area contributed by atoms with Crippen LogP contribution >= 0.6 is 0 Å². The standard InChI is InChI=1S/C20H22N4O4S/c1-16-5-7-19(8-6-16)29(26,27)12-9-20(25)23-17-3-2-4-18(13-17)28-11-10-24-15-21-14-22-24/h2-8,13-15H,9-12H2,1H3,(H,23,25). The van der Waals surface area contributed by atoms with Crippen LogP contribution in [0.25, 0.3) is 0 Å². The molecular weight excluding hydrogens is 392 g/mol. The van der Waals surface area contributed by atoms with Crippen molar-refractivity contribution in [2.24, 2.45) is 0 Å². The quantitative estimate of drug-likeness (QED) is 0.577. The Morgan fingerprint density at radius 1 is 1.17 bits per heavy atom. The van der Waals surface area contributed by atoms with E-state index in [9.17, 15) is 13.2 Å². The summed E-state index contributed by atoms with van der Waals surface area (Å²) in [4.78, 5) is 16.3. The van der Waals surface area contributed by atoms with Crippen LogP contribution in [-0.2, 0) is 21.2 Å². The van der Waals surface area contributed by atoms with Crippen molar-refractivity contribution in [1.29, 1.82) is 0 Å². The zero-order valence-electron chi connectivity index (χ0n) is 16.0. The summed E-state index contributed by atoms with van der Waals surface area (Å²) in [6.45, 7) is 2.83. The molecule has 0 aliphatic carbocycles. The lowest BCUT2D eigenvalue weighted by molar-refractivity contribution is -0.115. The van der Waals surface area contributed by atoms with Crippen molar-refractivity contribution in [3.63, 3.8) is 0 Å². The second kappa shape index (κ2) is 9.33.